The van der Waals surface area contributed by atoms with Gasteiger partial charge in [0.15, 0.2) is 0 Å². The van der Waals surface area contributed by atoms with Crippen LogP contribution in [-0.2, 0) is 5.54 Å². The molecule has 0 bridgehead atoms. The molecule has 3 N–H and O–H groups in total. The highest BCUT2D eigenvalue weighted by atomic mass is 16.2. The summed E-state index contributed by atoms with van der Waals surface area (Å²) in [6, 6.07) is 9.59. The molecule has 0 aromatic heterocycles. The summed E-state index contributed by atoms with van der Waals surface area (Å²) in [5, 5.41) is 2.86. The van der Waals surface area contributed by atoms with Gasteiger partial charge in [-0.3, -0.25) is 5.43 Å². The summed E-state index contributed by atoms with van der Waals surface area (Å²) in [4.78, 5) is 11.3. The molecule has 0 saturated carbocycles. The third kappa shape index (κ3) is 3.25. The minimum atomic E-state index is -0.387. The van der Waals surface area contributed by atoms with Gasteiger partial charge in [0.2, 0.25) is 0 Å². The lowest BCUT2D eigenvalue weighted by molar-refractivity contribution is 0.227. The molecule has 0 saturated heterocycles. The number of hydrogen-bond donors (Lipinski definition) is 3. The molecule has 1 aromatic carbocycles. The first-order chi connectivity index (χ1) is 7.06. The van der Waals surface area contributed by atoms with Crippen LogP contribution in [0, 0.1) is 0 Å². The van der Waals surface area contributed by atoms with Gasteiger partial charge in [-0.05, 0) is 19.4 Å². The summed E-state index contributed by atoms with van der Waals surface area (Å²) in [5.74, 6) is 0. The zero-order valence-corrected chi connectivity index (χ0v) is 9.29. The van der Waals surface area contributed by atoms with E-state index in [0.717, 1.165) is 5.56 Å². The number of hydrogen-bond acceptors (Lipinski definition) is 2. The molecule has 0 spiro atoms. The van der Waals surface area contributed by atoms with Gasteiger partial charge in [-0.2, -0.15) is 0 Å². The van der Waals surface area contributed by atoms with E-state index in [1.54, 1.807) is 7.05 Å². The SMILES string of the molecule is CNNC(=O)NC(C)(C)c1ccccc1. The summed E-state index contributed by atoms with van der Waals surface area (Å²) in [7, 11) is 1.65. The third-order valence-corrected chi connectivity index (χ3v) is 2.16. The van der Waals surface area contributed by atoms with E-state index < -0.39 is 0 Å². The molecule has 2 amide bonds. The van der Waals surface area contributed by atoms with Gasteiger partial charge in [-0.15, -0.1) is 0 Å². The van der Waals surface area contributed by atoms with Crippen LogP contribution in [0.25, 0.3) is 0 Å². The minimum absolute atomic E-state index is 0.244. The fourth-order valence-corrected chi connectivity index (χ4v) is 1.36. The van der Waals surface area contributed by atoms with Gasteiger partial charge in [0.05, 0.1) is 5.54 Å². The first-order valence-electron chi connectivity index (χ1n) is 4.86. The number of carbonyl (C=O) groups is 1. The van der Waals surface area contributed by atoms with E-state index in [1.807, 2.05) is 44.2 Å². The maximum Gasteiger partial charge on any atom is 0.329 e. The standard InChI is InChI=1S/C11H17N3O/c1-11(2,13-10(15)14-12-3)9-7-5-4-6-8-9/h4-8,12H,1-3H3,(H2,13,14,15). The third-order valence-electron chi connectivity index (χ3n) is 2.16. The number of hydrazine groups is 1. The van der Waals surface area contributed by atoms with Gasteiger partial charge in [0.1, 0.15) is 0 Å². The topological polar surface area (TPSA) is 53.2 Å². The highest BCUT2D eigenvalue weighted by molar-refractivity contribution is 5.74. The predicted molar refractivity (Wildman–Crippen MR) is 60.2 cm³/mol. The molecular formula is C11H17N3O. The number of amides is 2. The summed E-state index contributed by atoms with van der Waals surface area (Å²) in [6.07, 6.45) is 0. The molecule has 4 nitrogen and oxygen atoms in total. The van der Waals surface area contributed by atoms with Gasteiger partial charge in [-0.1, -0.05) is 30.3 Å². The normalized spacial score (nSPS) is 10.9. The molecule has 0 fully saturated rings. The summed E-state index contributed by atoms with van der Waals surface area (Å²) in [6.45, 7) is 3.91. The maximum absolute atomic E-state index is 11.3. The number of urea groups is 1. The van der Waals surface area contributed by atoms with E-state index in [1.165, 1.54) is 0 Å². The number of carbonyl (C=O) groups excluding carboxylic acids is 1. The fraction of sp³-hybridized carbons (Fsp3) is 0.364. The molecule has 82 valence electrons. The Hall–Kier alpha value is -1.55. The first-order valence-corrected chi connectivity index (χ1v) is 4.86. The quantitative estimate of drug-likeness (QED) is 0.655. The average molecular weight is 207 g/mol. The van der Waals surface area contributed by atoms with Crippen molar-refractivity contribution < 1.29 is 4.79 Å². The second kappa shape index (κ2) is 4.79. The van der Waals surface area contributed by atoms with Crippen molar-refractivity contribution in [2.45, 2.75) is 19.4 Å². The Bertz CT molecular complexity index is 322. The van der Waals surface area contributed by atoms with Crippen molar-refractivity contribution in [1.29, 1.82) is 0 Å². The number of benzene rings is 1. The second-order valence-electron chi connectivity index (χ2n) is 3.82. The Morgan fingerprint density at radius 3 is 2.33 bits per heavy atom. The molecule has 0 aliphatic heterocycles. The molecule has 0 aliphatic carbocycles. The van der Waals surface area contributed by atoms with Gasteiger partial charge < -0.3 is 5.32 Å². The Kier molecular flexibility index (Phi) is 3.68. The van der Waals surface area contributed by atoms with E-state index >= 15 is 0 Å². The molecule has 0 unspecified atom stereocenters. The van der Waals surface area contributed by atoms with E-state index in [4.69, 9.17) is 0 Å². The smallest absolute Gasteiger partial charge is 0.328 e. The van der Waals surface area contributed by atoms with Gasteiger partial charge in [-0.25, -0.2) is 10.2 Å². The second-order valence-corrected chi connectivity index (χ2v) is 3.82. The maximum atomic E-state index is 11.3. The van der Waals surface area contributed by atoms with Crippen molar-refractivity contribution in [3.05, 3.63) is 35.9 Å². The van der Waals surface area contributed by atoms with Crippen LogP contribution < -0.4 is 16.2 Å². The Labute approximate surface area is 90.0 Å². The van der Waals surface area contributed by atoms with Gasteiger partial charge in [0, 0.05) is 7.05 Å². The lowest BCUT2D eigenvalue weighted by Crippen LogP contribution is -2.49. The molecule has 15 heavy (non-hydrogen) atoms. The Morgan fingerprint density at radius 2 is 1.80 bits per heavy atom. The number of rotatable bonds is 3. The largest absolute Gasteiger partial charge is 0.329 e. The van der Waals surface area contributed by atoms with Crippen LogP contribution in [0.5, 0.6) is 0 Å². The predicted octanol–water partition coefficient (Wildman–Crippen LogP) is 1.36. The van der Waals surface area contributed by atoms with Crippen LogP contribution in [0.15, 0.2) is 30.3 Å². The fourth-order valence-electron chi connectivity index (χ4n) is 1.36. The van der Waals surface area contributed by atoms with Crippen molar-refractivity contribution in [3.8, 4) is 0 Å². The van der Waals surface area contributed by atoms with Crippen LogP contribution in [0.2, 0.25) is 0 Å². The average Bonchev–Trinajstić information content (AvgIpc) is 2.18. The van der Waals surface area contributed by atoms with Crippen LogP contribution >= 0.6 is 0 Å². The molecule has 0 atom stereocenters. The highest BCUT2D eigenvalue weighted by Gasteiger charge is 2.21. The van der Waals surface area contributed by atoms with Gasteiger partial charge in [0.25, 0.3) is 0 Å². The van der Waals surface area contributed by atoms with Gasteiger partial charge >= 0.3 is 6.03 Å². The Morgan fingerprint density at radius 1 is 1.20 bits per heavy atom. The summed E-state index contributed by atoms with van der Waals surface area (Å²) >= 11 is 0. The van der Waals surface area contributed by atoms with E-state index in [9.17, 15) is 4.79 Å². The van der Waals surface area contributed by atoms with E-state index in [2.05, 4.69) is 16.2 Å². The van der Waals surface area contributed by atoms with Crippen LogP contribution in [0.1, 0.15) is 19.4 Å². The molecule has 0 radical (unpaired) electrons. The van der Waals surface area contributed by atoms with Crippen molar-refractivity contribution in [1.82, 2.24) is 16.2 Å². The summed E-state index contributed by atoms with van der Waals surface area (Å²) in [5.41, 5.74) is 5.73. The zero-order valence-electron chi connectivity index (χ0n) is 9.29. The Balaban J connectivity index is 2.71. The monoisotopic (exact) mass is 207 g/mol. The van der Waals surface area contributed by atoms with E-state index in [-0.39, 0.29) is 11.6 Å². The van der Waals surface area contributed by atoms with Crippen LogP contribution in [0.4, 0.5) is 4.79 Å². The van der Waals surface area contributed by atoms with Crippen LogP contribution in [-0.4, -0.2) is 13.1 Å². The summed E-state index contributed by atoms with van der Waals surface area (Å²) < 4.78 is 0. The zero-order chi connectivity index (χ0) is 11.3. The van der Waals surface area contributed by atoms with Crippen LogP contribution in [0.3, 0.4) is 0 Å². The molecule has 0 aliphatic rings. The molecule has 1 aromatic rings. The highest BCUT2D eigenvalue weighted by Crippen LogP contribution is 2.18. The molecule has 4 heteroatoms. The van der Waals surface area contributed by atoms with Crippen molar-refractivity contribution in [3.63, 3.8) is 0 Å². The van der Waals surface area contributed by atoms with Crippen molar-refractivity contribution in [2.24, 2.45) is 0 Å². The molecular weight excluding hydrogens is 190 g/mol. The lowest BCUT2D eigenvalue weighted by Gasteiger charge is -2.26. The lowest BCUT2D eigenvalue weighted by atomic mass is 9.95. The first kappa shape index (κ1) is 11.5. The minimum Gasteiger partial charge on any atom is -0.328 e. The molecule has 0 heterocycles. The van der Waals surface area contributed by atoms with E-state index in [0.29, 0.717) is 0 Å². The van der Waals surface area contributed by atoms with Crippen molar-refractivity contribution in [2.75, 3.05) is 7.05 Å². The molecule has 1 rings (SSSR count). The number of nitrogens with one attached hydrogen (secondary N) is 3. The van der Waals surface area contributed by atoms with Crippen molar-refractivity contribution >= 4 is 6.03 Å².